The van der Waals surface area contributed by atoms with Gasteiger partial charge in [0.1, 0.15) is 5.76 Å². The molecule has 6 rings (SSSR count). The Morgan fingerprint density at radius 1 is 0.788 bits per heavy atom. The first-order chi connectivity index (χ1) is 16.4. The molecule has 2 aromatic carbocycles. The van der Waals surface area contributed by atoms with Gasteiger partial charge in [0.05, 0.1) is 0 Å². The molecule has 1 saturated carbocycles. The SMILES string of the molecule is C(=C1CCCC2=C1OC1(N3CCCCC3)CCCCC1C2c1ccccc1)c1ccccc1. The molecule has 2 aliphatic heterocycles. The fourth-order valence-electron chi connectivity index (χ4n) is 7.17. The molecule has 4 aliphatic rings. The molecule has 2 fully saturated rings. The summed E-state index contributed by atoms with van der Waals surface area (Å²) in [6.45, 7) is 2.39. The van der Waals surface area contributed by atoms with E-state index in [1.54, 1.807) is 5.57 Å². The van der Waals surface area contributed by atoms with Crippen molar-refractivity contribution in [1.29, 1.82) is 0 Å². The number of ether oxygens (including phenoxy) is 1. The lowest BCUT2D eigenvalue weighted by molar-refractivity contribution is -0.202. The van der Waals surface area contributed by atoms with Crippen molar-refractivity contribution in [1.82, 2.24) is 4.90 Å². The Kier molecular flexibility index (Phi) is 5.88. The van der Waals surface area contributed by atoms with E-state index in [0.717, 1.165) is 6.42 Å². The molecule has 0 radical (unpaired) electrons. The fraction of sp³-hybridized carbons (Fsp3) is 0.484. The Morgan fingerprint density at radius 3 is 2.33 bits per heavy atom. The van der Waals surface area contributed by atoms with E-state index >= 15 is 0 Å². The molecule has 172 valence electrons. The van der Waals surface area contributed by atoms with Gasteiger partial charge in [0.25, 0.3) is 0 Å². The smallest absolute Gasteiger partial charge is 0.167 e. The minimum atomic E-state index is -0.134. The summed E-state index contributed by atoms with van der Waals surface area (Å²) in [5.74, 6) is 2.29. The van der Waals surface area contributed by atoms with Crippen molar-refractivity contribution in [3.63, 3.8) is 0 Å². The first-order valence-electron chi connectivity index (χ1n) is 13.3. The molecule has 0 aromatic heterocycles. The molecule has 2 nitrogen and oxygen atoms in total. The highest BCUT2D eigenvalue weighted by molar-refractivity contribution is 5.60. The van der Waals surface area contributed by atoms with Crippen molar-refractivity contribution in [2.75, 3.05) is 13.1 Å². The van der Waals surface area contributed by atoms with Gasteiger partial charge in [0.2, 0.25) is 0 Å². The zero-order chi connectivity index (χ0) is 22.1. The highest BCUT2D eigenvalue weighted by Crippen LogP contribution is 2.57. The van der Waals surface area contributed by atoms with Crippen LogP contribution in [0.4, 0.5) is 0 Å². The predicted molar refractivity (Wildman–Crippen MR) is 136 cm³/mol. The number of fused-ring (bicyclic) bond motifs is 1. The molecule has 0 spiro atoms. The van der Waals surface area contributed by atoms with Gasteiger partial charge < -0.3 is 4.74 Å². The van der Waals surface area contributed by atoms with Crippen molar-refractivity contribution < 1.29 is 4.74 Å². The average Bonchev–Trinajstić information content (AvgIpc) is 2.89. The standard InChI is InChI=1S/C31H37NO/c1-4-13-24(14-5-1)23-26-17-12-18-27-29(25-15-6-2-7-16-25)28-19-8-9-20-31(28,33-30(26)27)32-21-10-3-11-22-32/h1-2,4-7,13-16,23,28-29H,3,8-12,17-22H2. The highest BCUT2D eigenvalue weighted by Gasteiger charge is 2.55. The van der Waals surface area contributed by atoms with E-state index in [9.17, 15) is 0 Å². The molecule has 0 bridgehead atoms. The second-order valence-electron chi connectivity index (χ2n) is 10.5. The maximum Gasteiger partial charge on any atom is 0.167 e. The van der Waals surface area contributed by atoms with Crippen LogP contribution in [0.25, 0.3) is 6.08 Å². The van der Waals surface area contributed by atoms with Crippen molar-refractivity contribution >= 4 is 6.08 Å². The summed E-state index contributed by atoms with van der Waals surface area (Å²) < 4.78 is 7.40. The summed E-state index contributed by atoms with van der Waals surface area (Å²) in [5.41, 5.74) is 5.66. The van der Waals surface area contributed by atoms with Crippen LogP contribution in [0.5, 0.6) is 0 Å². The van der Waals surface area contributed by atoms with Gasteiger partial charge in [-0.15, -0.1) is 0 Å². The van der Waals surface area contributed by atoms with Gasteiger partial charge in [-0.2, -0.15) is 0 Å². The zero-order valence-corrected chi connectivity index (χ0v) is 19.8. The van der Waals surface area contributed by atoms with Crippen LogP contribution in [-0.2, 0) is 4.74 Å². The number of likely N-dealkylation sites (tertiary alicyclic amines) is 1. The van der Waals surface area contributed by atoms with Crippen LogP contribution >= 0.6 is 0 Å². The summed E-state index contributed by atoms with van der Waals surface area (Å²) >= 11 is 0. The normalized spacial score (nSPS) is 31.6. The van der Waals surface area contributed by atoms with Crippen molar-refractivity contribution in [3.8, 4) is 0 Å². The van der Waals surface area contributed by atoms with Crippen molar-refractivity contribution in [2.45, 2.75) is 75.9 Å². The Hall–Kier alpha value is -2.32. The molecule has 33 heavy (non-hydrogen) atoms. The summed E-state index contributed by atoms with van der Waals surface area (Å²) in [5, 5.41) is 0. The molecule has 0 N–H and O–H groups in total. The van der Waals surface area contributed by atoms with Gasteiger partial charge in [-0.05, 0) is 73.3 Å². The Bertz CT molecular complexity index is 1020. The van der Waals surface area contributed by atoms with Gasteiger partial charge >= 0.3 is 0 Å². The van der Waals surface area contributed by atoms with Crippen LogP contribution < -0.4 is 0 Å². The van der Waals surface area contributed by atoms with Gasteiger partial charge in [-0.25, -0.2) is 0 Å². The van der Waals surface area contributed by atoms with Crippen LogP contribution in [-0.4, -0.2) is 23.7 Å². The van der Waals surface area contributed by atoms with E-state index in [-0.39, 0.29) is 5.72 Å². The number of piperidine rings is 1. The first-order valence-corrected chi connectivity index (χ1v) is 13.3. The van der Waals surface area contributed by atoms with Gasteiger partial charge in [0, 0.05) is 31.3 Å². The Labute approximate surface area is 199 Å². The third-order valence-corrected chi connectivity index (χ3v) is 8.60. The zero-order valence-electron chi connectivity index (χ0n) is 19.8. The van der Waals surface area contributed by atoms with Gasteiger partial charge in [-0.3, -0.25) is 4.90 Å². The third kappa shape index (κ3) is 3.87. The van der Waals surface area contributed by atoms with E-state index in [0.29, 0.717) is 11.8 Å². The van der Waals surface area contributed by atoms with Gasteiger partial charge in [-0.1, -0.05) is 73.5 Å². The Morgan fingerprint density at radius 2 is 1.55 bits per heavy atom. The summed E-state index contributed by atoms with van der Waals surface area (Å²) in [6.07, 6.45) is 15.0. The minimum Gasteiger partial charge on any atom is -0.472 e. The number of benzene rings is 2. The molecule has 3 atom stereocenters. The number of allylic oxidation sites excluding steroid dienone is 2. The second-order valence-corrected chi connectivity index (χ2v) is 10.5. The predicted octanol–water partition coefficient (Wildman–Crippen LogP) is 7.69. The van der Waals surface area contributed by atoms with E-state index in [2.05, 4.69) is 71.6 Å². The molecule has 2 aromatic rings. The number of hydrogen-bond donors (Lipinski definition) is 0. The summed E-state index contributed by atoms with van der Waals surface area (Å²) in [4.78, 5) is 2.77. The quantitative estimate of drug-likeness (QED) is 0.486. The minimum absolute atomic E-state index is 0.134. The lowest BCUT2D eigenvalue weighted by Crippen LogP contribution is -2.61. The maximum atomic E-state index is 7.40. The van der Waals surface area contributed by atoms with E-state index < -0.39 is 0 Å². The molecular weight excluding hydrogens is 402 g/mol. The van der Waals surface area contributed by atoms with Crippen molar-refractivity contribution in [3.05, 3.63) is 88.7 Å². The second kappa shape index (κ2) is 9.14. The largest absolute Gasteiger partial charge is 0.472 e. The number of hydrogen-bond acceptors (Lipinski definition) is 2. The third-order valence-electron chi connectivity index (χ3n) is 8.60. The fourth-order valence-corrected chi connectivity index (χ4v) is 7.17. The monoisotopic (exact) mass is 439 g/mol. The molecule has 2 heterocycles. The van der Waals surface area contributed by atoms with E-state index in [1.807, 2.05) is 0 Å². The van der Waals surface area contributed by atoms with Crippen LogP contribution in [0, 0.1) is 5.92 Å². The number of rotatable bonds is 3. The number of nitrogens with zero attached hydrogens (tertiary/aromatic N) is 1. The van der Waals surface area contributed by atoms with Gasteiger partial charge in [0.15, 0.2) is 5.72 Å². The molecule has 2 heteroatoms. The van der Waals surface area contributed by atoms with Crippen LogP contribution in [0.1, 0.15) is 81.3 Å². The lowest BCUT2D eigenvalue weighted by Gasteiger charge is -2.58. The molecule has 2 aliphatic carbocycles. The van der Waals surface area contributed by atoms with E-state index in [1.165, 1.54) is 93.3 Å². The Balaban J connectivity index is 1.51. The molecular formula is C31H37NO. The topological polar surface area (TPSA) is 12.5 Å². The molecule has 1 saturated heterocycles. The summed E-state index contributed by atoms with van der Waals surface area (Å²) in [7, 11) is 0. The summed E-state index contributed by atoms with van der Waals surface area (Å²) in [6, 6.07) is 22.2. The lowest BCUT2D eigenvalue weighted by atomic mass is 9.64. The van der Waals surface area contributed by atoms with Crippen LogP contribution in [0.2, 0.25) is 0 Å². The first kappa shape index (κ1) is 21.2. The molecule has 0 amide bonds. The average molecular weight is 440 g/mol. The maximum absolute atomic E-state index is 7.40. The van der Waals surface area contributed by atoms with Crippen LogP contribution in [0.15, 0.2) is 77.6 Å². The van der Waals surface area contributed by atoms with Crippen molar-refractivity contribution in [2.24, 2.45) is 5.92 Å². The molecule has 3 unspecified atom stereocenters. The van der Waals surface area contributed by atoms with E-state index in [4.69, 9.17) is 4.74 Å². The van der Waals surface area contributed by atoms with Crippen LogP contribution in [0.3, 0.4) is 0 Å². The highest BCUT2D eigenvalue weighted by atomic mass is 16.5.